The second-order valence-electron chi connectivity index (χ2n) is 4.54. The Morgan fingerprint density at radius 2 is 2.00 bits per heavy atom. The molecule has 1 aromatic carbocycles. The lowest BCUT2D eigenvalue weighted by Crippen LogP contribution is -2.30. The van der Waals surface area contributed by atoms with Gasteiger partial charge >= 0.3 is 0 Å². The van der Waals surface area contributed by atoms with Gasteiger partial charge < -0.3 is 20.7 Å². The topological polar surface area (TPSA) is 75.7 Å². The first-order chi connectivity index (χ1) is 8.38. The molecular formula is C13H20BrNO3. The van der Waals surface area contributed by atoms with E-state index in [0.29, 0.717) is 16.8 Å². The molecule has 0 radical (unpaired) electrons. The first-order valence-electron chi connectivity index (χ1n) is 5.97. The molecule has 0 bridgehead atoms. The highest BCUT2D eigenvalue weighted by Gasteiger charge is 2.22. The SMILES string of the molecule is CCOc1cc([C@H](N)[C@H](O)C(C)C)cc(Br)c1O. The van der Waals surface area contributed by atoms with Crippen molar-refractivity contribution < 1.29 is 14.9 Å². The third-order valence-electron chi connectivity index (χ3n) is 2.79. The summed E-state index contributed by atoms with van der Waals surface area (Å²) in [6.45, 7) is 6.10. The van der Waals surface area contributed by atoms with Gasteiger partial charge in [0.15, 0.2) is 11.5 Å². The van der Waals surface area contributed by atoms with E-state index < -0.39 is 12.1 Å². The predicted octanol–water partition coefficient (Wildman–Crippen LogP) is 2.57. The summed E-state index contributed by atoms with van der Waals surface area (Å²) in [4.78, 5) is 0. The zero-order valence-corrected chi connectivity index (χ0v) is 12.4. The number of halogens is 1. The van der Waals surface area contributed by atoms with E-state index in [1.807, 2.05) is 20.8 Å². The summed E-state index contributed by atoms with van der Waals surface area (Å²) in [7, 11) is 0. The van der Waals surface area contributed by atoms with Crippen molar-refractivity contribution in [2.75, 3.05) is 6.61 Å². The van der Waals surface area contributed by atoms with Crippen molar-refractivity contribution in [3.8, 4) is 11.5 Å². The molecule has 0 aliphatic heterocycles. The van der Waals surface area contributed by atoms with Crippen LogP contribution in [0.5, 0.6) is 11.5 Å². The van der Waals surface area contributed by atoms with Crippen molar-refractivity contribution in [1.82, 2.24) is 0 Å². The maximum Gasteiger partial charge on any atom is 0.172 e. The van der Waals surface area contributed by atoms with Crippen LogP contribution >= 0.6 is 15.9 Å². The smallest absolute Gasteiger partial charge is 0.172 e. The van der Waals surface area contributed by atoms with Crippen LogP contribution in [0.25, 0.3) is 0 Å². The first kappa shape index (κ1) is 15.3. The van der Waals surface area contributed by atoms with E-state index in [2.05, 4.69) is 15.9 Å². The van der Waals surface area contributed by atoms with Gasteiger partial charge in [-0.15, -0.1) is 0 Å². The number of ether oxygens (including phenoxy) is 1. The van der Waals surface area contributed by atoms with Gasteiger partial charge in [0.2, 0.25) is 0 Å². The Hall–Kier alpha value is -0.780. The number of aliphatic hydroxyl groups is 1. The van der Waals surface area contributed by atoms with Gasteiger partial charge in [0, 0.05) is 0 Å². The average Bonchev–Trinajstić information content (AvgIpc) is 2.32. The summed E-state index contributed by atoms with van der Waals surface area (Å²) in [5.41, 5.74) is 6.74. The minimum Gasteiger partial charge on any atom is -0.503 e. The van der Waals surface area contributed by atoms with Crippen molar-refractivity contribution in [2.24, 2.45) is 11.7 Å². The zero-order valence-electron chi connectivity index (χ0n) is 10.9. The fraction of sp³-hybridized carbons (Fsp3) is 0.538. The van der Waals surface area contributed by atoms with Crippen molar-refractivity contribution in [2.45, 2.75) is 32.9 Å². The third kappa shape index (κ3) is 3.37. The van der Waals surface area contributed by atoms with Gasteiger partial charge in [-0.1, -0.05) is 13.8 Å². The number of hydrogen-bond donors (Lipinski definition) is 3. The number of phenolic OH excluding ortho intramolecular Hbond substituents is 1. The molecule has 0 heterocycles. The molecule has 18 heavy (non-hydrogen) atoms. The standard InChI is InChI=1S/C13H20BrNO3/c1-4-18-10-6-8(5-9(14)13(10)17)11(15)12(16)7(2)3/h5-7,11-12,16-17H,4,15H2,1-3H3/t11-,12+/m0/s1. The lowest BCUT2D eigenvalue weighted by atomic mass is 9.94. The molecule has 5 heteroatoms. The van der Waals surface area contributed by atoms with Gasteiger partial charge in [0.05, 0.1) is 23.2 Å². The van der Waals surface area contributed by atoms with Crippen molar-refractivity contribution in [3.05, 3.63) is 22.2 Å². The third-order valence-corrected chi connectivity index (χ3v) is 3.39. The quantitative estimate of drug-likeness (QED) is 0.780. The molecule has 0 spiro atoms. The molecule has 1 aromatic rings. The Kier molecular flexibility index (Phi) is 5.44. The molecular weight excluding hydrogens is 298 g/mol. The normalized spacial score (nSPS) is 14.6. The Morgan fingerprint density at radius 1 is 1.39 bits per heavy atom. The number of rotatable bonds is 5. The molecule has 0 aromatic heterocycles. The van der Waals surface area contributed by atoms with Crippen LogP contribution in [0.15, 0.2) is 16.6 Å². The minimum atomic E-state index is -0.643. The lowest BCUT2D eigenvalue weighted by Gasteiger charge is -2.23. The molecule has 0 amide bonds. The maximum absolute atomic E-state index is 9.99. The van der Waals surface area contributed by atoms with E-state index in [9.17, 15) is 10.2 Å². The molecule has 0 unspecified atom stereocenters. The Bertz CT molecular complexity index is 409. The summed E-state index contributed by atoms with van der Waals surface area (Å²) in [5.74, 6) is 0.475. The van der Waals surface area contributed by atoms with Gasteiger partial charge in [0.1, 0.15) is 0 Å². The van der Waals surface area contributed by atoms with E-state index in [-0.39, 0.29) is 11.7 Å². The largest absolute Gasteiger partial charge is 0.503 e. The summed E-state index contributed by atoms with van der Waals surface area (Å²) in [6, 6.07) is 2.86. The number of phenols is 1. The monoisotopic (exact) mass is 317 g/mol. The van der Waals surface area contributed by atoms with Crippen LogP contribution in [0.2, 0.25) is 0 Å². The lowest BCUT2D eigenvalue weighted by molar-refractivity contribution is 0.0978. The van der Waals surface area contributed by atoms with E-state index in [4.69, 9.17) is 10.5 Å². The van der Waals surface area contributed by atoms with Crippen molar-refractivity contribution >= 4 is 15.9 Å². The molecule has 0 aliphatic rings. The molecule has 4 N–H and O–H groups in total. The summed E-state index contributed by atoms with van der Waals surface area (Å²) >= 11 is 3.25. The van der Waals surface area contributed by atoms with E-state index in [0.717, 1.165) is 5.56 Å². The number of aliphatic hydroxyl groups excluding tert-OH is 1. The molecule has 0 saturated heterocycles. The predicted molar refractivity (Wildman–Crippen MR) is 74.7 cm³/mol. The van der Waals surface area contributed by atoms with Gasteiger partial charge in [-0.05, 0) is 46.5 Å². The zero-order chi connectivity index (χ0) is 13.9. The highest BCUT2D eigenvalue weighted by Crippen LogP contribution is 2.37. The number of benzene rings is 1. The highest BCUT2D eigenvalue weighted by atomic mass is 79.9. The number of hydrogen-bond acceptors (Lipinski definition) is 4. The number of aromatic hydroxyl groups is 1. The highest BCUT2D eigenvalue weighted by molar-refractivity contribution is 9.10. The Labute approximate surface area is 116 Å². The Morgan fingerprint density at radius 3 is 2.50 bits per heavy atom. The molecule has 0 aliphatic carbocycles. The van der Waals surface area contributed by atoms with Crippen molar-refractivity contribution in [3.63, 3.8) is 0 Å². The van der Waals surface area contributed by atoms with Crippen LogP contribution in [-0.4, -0.2) is 22.9 Å². The van der Waals surface area contributed by atoms with Crippen LogP contribution < -0.4 is 10.5 Å². The van der Waals surface area contributed by atoms with Gasteiger partial charge in [0.25, 0.3) is 0 Å². The molecule has 0 saturated carbocycles. The average molecular weight is 318 g/mol. The fourth-order valence-corrected chi connectivity index (χ4v) is 2.12. The van der Waals surface area contributed by atoms with E-state index in [1.54, 1.807) is 12.1 Å². The summed E-state index contributed by atoms with van der Waals surface area (Å²) in [6.07, 6.45) is -0.643. The fourth-order valence-electron chi connectivity index (χ4n) is 1.66. The van der Waals surface area contributed by atoms with Crippen LogP contribution in [0, 0.1) is 5.92 Å². The van der Waals surface area contributed by atoms with E-state index in [1.165, 1.54) is 0 Å². The van der Waals surface area contributed by atoms with Gasteiger partial charge in [-0.3, -0.25) is 0 Å². The van der Waals surface area contributed by atoms with Gasteiger partial charge in [-0.2, -0.15) is 0 Å². The Balaban J connectivity index is 3.10. The molecule has 4 nitrogen and oxygen atoms in total. The molecule has 102 valence electrons. The molecule has 1 rings (SSSR count). The second kappa shape index (κ2) is 6.41. The second-order valence-corrected chi connectivity index (χ2v) is 5.40. The minimum absolute atomic E-state index is 0.0480. The van der Waals surface area contributed by atoms with Crippen LogP contribution in [0.1, 0.15) is 32.4 Å². The molecule has 2 atom stereocenters. The first-order valence-corrected chi connectivity index (χ1v) is 6.76. The van der Waals surface area contributed by atoms with Crippen LogP contribution in [-0.2, 0) is 0 Å². The van der Waals surface area contributed by atoms with Crippen LogP contribution in [0.4, 0.5) is 0 Å². The van der Waals surface area contributed by atoms with Gasteiger partial charge in [-0.25, -0.2) is 0 Å². The maximum atomic E-state index is 9.99. The molecule has 0 fully saturated rings. The van der Waals surface area contributed by atoms with Crippen molar-refractivity contribution in [1.29, 1.82) is 0 Å². The number of nitrogens with two attached hydrogens (primary N) is 1. The van der Waals surface area contributed by atoms with E-state index >= 15 is 0 Å². The van der Waals surface area contributed by atoms with Crippen LogP contribution in [0.3, 0.4) is 0 Å². The summed E-state index contributed by atoms with van der Waals surface area (Å²) < 4.78 is 5.84. The summed E-state index contributed by atoms with van der Waals surface area (Å²) in [5, 5.41) is 19.8.